The maximum absolute atomic E-state index is 12.3. The first-order valence-corrected chi connectivity index (χ1v) is 7.38. The third kappa shape index (κ3) is 2.58. The number of hydrogen-bond donors (Lipinski definition) is 1. The Morgan fingerprint density at radius 3 is 2.86 bits per heavy atom. The van der Waals surface area contributed by atoms with Crippen LogP contribution in [0.4, 0.5) is 0 Å². The Balaban J connectivity index is 1.84. The van der Waals surface area contributed by atoms with Gasteiger partial charge in [0.15, 0.2) is 0 Å². The summed E-state index contributed by atoms with van der Waals surface area (Å²) < 4.78 is 0. The van der Waals surface area contributed by atoms with Gasteiger partial charge in [-0.25, -0.2) is 0 Å². The van der Waals surface area contributed by atoms with Crippen LogP contribution in [0, 0.1) is 5.41 Å². The van der Waals surface area contributed by atoms with E-state index in [4.69, 9.17) is 0 Å². The molecule has 0 spiro atoms. The molecule has 0 atom stereocenters. The highest BCUT2D eigenvalue weighted by atomic mass is 16.2. The number of pyridine rings is 1. The lowest BCUT2D eigenvalue weighted by Crippen LogP contribution is -2.41. The van der Waals surface area contributed by atoms with E-state index >= 15 is 0 Å². The first-order valence-electron chi connectivity index (χ1n) is 7.38. The summed E-state index contributed by atoms with van der Waals surface area (Å²) in [7, 11) is 0. The lowest BCUT2D eigenvalue weighted by Gasteiger charge is -2.31. The van der Waals surface area contributed by atoms with Crippen LogP contribution in [-0.4, -0.2) is 33.9 Å². The molecule has 1 amide bonds. The van der Waals surface area contributed by atoms with Crippen molar-refractivity contribution in [2.75, 3.05) is 13.1 Å². The molecule has 2 aromatic heterocycles. The minimum absolute atomic E-state index is 0.217. The lowest BCUT2D eigenvalue weighted by molar-refractivity contribution is -0.138. The van der Waals surface area contributed by atoms with Crippen molar-refractivity contribution in [1.29, 1.82) is 0 Å². The lowest BCUT2D eigenvalue weighted by atomic mass is 9.93. The van der Waals surface area contributed by atoms with E-state index in [1.807, 2.05) is 50.2 Å². The Morgan fingerprint density at radius 2 is 2.19 bits per heavy atom. The number of carbonyl (C=O) groups excluding carboxylic acids is 1. The number of nitrogens with one attached hydrogen (secondary N) is 1. The molecule has 0 saturated carbocycles. The van der Waals surface area contributed by atoms with Gasteiger partial charge in [-0.05, 0) is 24.1 Å². The molecule has 21 heavy (non-hydrogen) atoms. The van der Waals surface area contributed by atoms with Crippen molar-refractivity contribution in [2.24, 2.45) is 5.41 Å². The molecule has 0 aromatic carbocycles. The van der Waals surface area contributed by atoms with E-state index in [2.05, 4.69) is 16.0 Å². The van der Waals surface area contributed by atoms with E-state index in [0.29, 0.717) is 6.54 Å². The van der Waals surface area contributed by atoms with Crippen LogP contribution in [0.1, 0.15) is 32.8 Å². The van der Waals surface area contributed by atoms with E-state index in [1.165, 1.54) is 5.57 Å². The zero-order valence-electron chi connectivity index (χ0n) is 12.8. The molecule has 3 rings (SSSR count). The summed E-state index contributed by atoms with van der Waals surface area (Å²) in [5, 5.41) is 0. The normalized spacial score (nSPS) is 16.1. The summed E-state index contributed by atoms with van der Waals surface area (Å²) in [6.45, 7) is 7.38. The Hall–Kier alpha value is -2.10. The largest absolute Gasteiger partial charge is 0.359 e. The first-order chi connectivity index (χ1) is 9.97. The molecular weight excluding hydrogens is 262 g/mol. The monoisotopic (exact) mass is 283 g/mol. The van der Waals surface area contributed by atoms with Gasteiger partial charge >= 0.3 is 0 Å². The van der Waals surface area contributed by atoms with E-state index in [1.54, 1.807) is 0 Å². The molecule has 1 aliphatic rings. The number of aromatic amines is 1. The maximum Gasteiger partial charge on any atom is 0.228 e. The fourth-order valence-corrected chi connectivity index (χ4v) is 2.77. The highest BCUT2D eigenvalue weighted by Crippen LogP contribution is 2.29. The number of carbonyl (C=O) groups is 1. The second-order valence-electron chi connectivity index (χ2n) is 6.58. The molecule has 1 aliphatic heterocycles. The van der Waals surface area contributed by atoms with Gasteiger partial charge in [-0.3, -0.25) is 9.78 Å². The summed E-state index contributed by atoms with van der Waals surface area (Å²) in [6, 6.07) is 3.96. The molecule has 3 heterocycles. The quantitative estimate of drug-likeness (QED) is 0.873. The summed E-state index contributed by atoms with van der Waals surface area (Å²) in [5.74, 6) is 0.217. The van der Waals surface area contributed by atoms with Crippen molar-refractivity contribution in [3.63, 3.8) is 0 Å². The van der Waals surface area contributed by atoms with Gasteiger partial charge in [0.2, 0.25) is 5.91 Å². The second-order valence-corrected chi connectivity index (χ2v) is 6.58. The molecule has 0 radical (unpaired) electrons. The smallest absolute Gasteiger partial charge is 0.228 e. The van der Waals surface area contributed by atoms with Crippen molar-refractivity contribution in [2.45, 2.75) is 27.2 Å². The highest BCUT2D eigenvalue weighted by molar-refractivity contribution is 5.90. The number of fused-ring (bicyclic) bond motifs is 1. The maximum atomic E-state index is 12.3. The first kappa shape index (κ1) is 13.9. The van der Waals surface area contributed by atoms with Gasteiger partial charge in [0, 0.05) is 36.5 Å². The molecule has 4 nitrogen and oxygen atoms in total. The topological polar surface area (TPSA) is 49.0 Å². The second kappa shape index (κ2) is 5.02. The number of H-pyrrole nitrogens is 1. The van der Waals surface area contributed by atoms with E-state index in [0.717, 1.165) is 29.6 Å². The zero-order chi connectivity index (χ0) is 15.0. The van der Waals surface area contributed by atoms with E-state index < -0.39 is 0 Å². The van der Waals surface area contributed by atoms with Gasteiger partial charge in [-0.2, -0.15) is 0 Å². The van der Waals surface area contributed by atoms with Crippen LogP contribution in [0.2, 0.25) is 0 Å². The third-order valence-corrected chi connectivity index (χ3v) is 3.92. The van der Waals surface area contributed by atoms with Gasteiger partial charge in [-0.15, -0.1) is 0 Å². The van der Waals surface area contributed by atoms with E-state index in [-0.39, 0.29) is 11.3 Å². The van der Waals surface area contributed by atoms with Gasteiger partial charge in [0.05, 0.1) is 11.0 Å². The van der Waals surface area contributed by atoms with Gasteiger partial charge in [0.1, 0.15) is 0 Å². The van der Waals surface area contributed by atoms with Crippen LogP contribution in [0.15, 0.2) is 30.6 Å². The minimum Gasteiger partial charge on any atom is -0.359 e. The predicted molar refractivity (Wildman–Crippen MR) is 84.7 cm³/mol. The number of rotatable bonds is 1. The third-order valence-electron chi connectivity index (χ3n) is 3.92. The van der Waals surface area contributed by atoms with Gasteiger partial charge in [0.25, 0.3) is 0 Å². The molecule has 0 saturated heterocycles. The minimum atomic E-state index is -0.312. The predicted octanol–water partition coefficient (Wildman–Crippen LogP) is 3.22. The van der Waals surface area contributed by atoms with Crippen molar-refractivity contribution in [1.82, 2.24) is 14.9 Å². The Kier molecular flexibility index (Phi) is 3.32. The number of hydrogen-bond acceptors (Lipinski definition) is 2. The Morgan fingerprint density at radius 1 is 1.38 bits per heavy atom. The summed E-state index contributed by atoms with van der Waals surface area (Å²) in [4.78, 5) is 22.0. The SMILES string of the molecule is CC(C)(C)C(=O)N1CC=C(c2c[nH]c3cccnc23)CC1. The zero-order valence-corrected chi connectivity index (χ0v) is 12.8. The van der Waals surface area contributed by atoms with Gasteiger partial charge in [-0.1, -0.05) is 26.8 Å². The van der Waals surface area contributed by atoms with Crippen molar-refractivity contribution < 1.29 is 4.79 Å². The molecule has 1 N–H and O–H groups in total. The molecule has 110 valence electrons. The van der Waals surface area contributed by atoms with Crippen molar-refractivity contribution >= 4 is 22.5 Å². The van der Waals surface area contributed by atoms with Crippen LogP contribution in [0.3, 0.4) is 0 Å². The van der Waals surface area contributed by atoms with Crippen molar-refractivity contribution in [3.8, 4) is 0 Å². The molecule has 0 unspecified atom stereocenters. The van der Waals surface area contributed by atoms with Crippen LogP contribution >= 0.6 is 0 Å². The molecule has 0 aliphatic carbocycles. The summed E-state index contributed by atoms with van der Waals surface area (Å²) in [5.41, 5.74) is 4.19. The molecule has 2 aromatic rings. The van der Waals surface area contributed by atoms with Crippen LogP contribution in [-0.2, 0) is 4.79 Å². The Bertz CT molecular complexity index is 706. The number of amides is 1. The standard InChI is InChI=1S/C17H21N3O/c1-17(2,3)16(21)20-9-6-12(7-10-20)13-11-19-14-5-4-8-18-15(13)14/h4-6,8,11,19H,7,9-10H2,1-3H3. The molecule has 0 fully saturated rings. The summed E-state index contributed by atoms with van der Waals surface area (Å²) >= 11 is 0. The van der Waals surface area contributed by atoms with Crippen molar-refractivity contribution in [3.05, 3.63) is 36.2 Å². The average molecular weight is 283 g/mol. The average Bonchev–Trinajstić information content (AvgIpc) is 2.90. The van der Waals surface area contributed by atoms with Crippen LogP contribution < -0.4 is 0 Å². The highest BCUT2D eigenvalue weighted by Gasteiger charge is 2.28. The van der Waals surface area contributed by atoms with Gasteiger partial charge < -0.3 is 9.88 Å². The van der Waals surface area contributed by atoms with Crippen LogP contribution in [0.5, 0.6) is 0 Å². The summed E-state index contributed by atoms with van der Waals surface area (Å²) in [6.07, 6.45) is 6.87. The number of aromatic nitrogens is 2. The van der Waals surface area contributed by atoms with Crippen LogP contribution in [0.25, 0.3) is 16.6 Å². The molecule has 4 heteroatoms. The van der Waals surface area contributed by atoms with E-state index in [9.17, 15) is 4.79 Å². The fourth-order valence-electron chi connectivity index (χ4n) is 2.77. The Labute approximate surface area is 124 Å². The number of nitrogens with zero attached hydrogens (tertiary/aromatic N) is 2. The molecule has 0 bridgehead atoms. The molecular formula is C17H21N3O. The fraction of sp³-hybridized carbons (Fsp3) is 0.412.